The van der Waals surface area contributed by atoms with E-state index >= 15 is 0 Å². The van der Waals surface area contributed by atoms with E-state index in [1.54, 1.807) is 57.5 Å². The van der Waals surface area contributed by atoms with Gasteiger partial charge in [0.05, 0.1) is 25.2 Å². The zero-order valence-corrected chi connectivity index (χ0v) is 17.1. The molecule has 0 radical (unpaired) electrons. The zero-order valence-electron chi connectivity index (χ0n) is 16.3. The number of benzene rings is 2. The van der Waals surface area contributed by atoms with E-state index in [0.717, 1.165) is 11.3 Å². The fourth-order valence-corrected chi connectivity index (χ4v) is 3.35. The van der Waals surface area contributed by atoms with Gasteiger partial charge in [0.1, 0.15) is 11.5 Å². The third kappa shape index (κ3) is 5.39. The van der Waals surface area contributed by atoms with Crippen LogP contribution in [0.1, 0.15) is 6.92 Å². The van der Waals surface area contributed by atoms with E-state index in [1.165, 1.54) is 17.8 Å². The largest absolute Gasteiger partial charge is 0.497 e. The second-order valence-corrected chi connectivity index (χ2v) is 7.47. The lowest BCUT2D eigenvalue weighted by atomic mass is 10.1. The number of aromatic nitrogens is 2. The number of nitrogens with one attached hydrogen (secondary N) is 2. The van der Waals surface area contributed by atoms with E-state index in [0.29, 0.717) is 22.3 Å². The predicted octanol–water partition coefficient (Wildman–Crippen LogP) is 3.57. The number of carbonyl (C=O) groups is 1. The monoisotopic (exact) mass is 411 g/mol. The number of rotatable bonds is 7. The summed E-state index contributed by atoms with van der Waals surface area (Å²) in [6.07, 6.45) is 0. The van der Waals surface area contributed by atoms with Crippen molar-refractivity contribution in [2.45, 2.75) is 17.3 Å². The fraction of sp³-hybridized carbons (Fsp3) is 0.190. The molecule has 0 aliphatic carbocycles. The summed E-state index contributed by atoms with van der Waals surface area (Å²) in [4.78, 5) is 31.7. The Morgan fingerprint density at radius 3 is 2.21 bits per heavy atom. The Morgan fingerprint density at radius 2 is 1.62 bits per heavy atom. The highest BCUT2D eigenvalue weighted by molar-refractivity contribution is 8.00. The van der Waals surface area contributed by atoms with Crippen LogP contribution in [0.5, 0.6) is 11.5 Å². The maximum Gasteiger partial charge on any atom is 0.252 e. The summed E-state index contributed by atoms with van der Waals surface area (Å²) in [5.74, 6) is 1.23. The molecule has 0 bridgehead atoms. The molecule has 3 aromatic rings. The molecular formula is C21H21N3O4S. The lowest BCUT2D eigenvalue weighted by molar-refractivity contribution is -0.115. The highest BCUT2D eigenvalue weighted by Crippen LogP contribution is 2.24. The summed E-state index contributed by atoms with van der Waals surface area (Å²) in [6.45, 7) is 1.75. The first-order valence-corrected chi connectivity index (χ1v) is 9.74. The fourth-order valence-electron chi connectivity index (χ4n) is 2.54. The van der Waals surface area contributed by atoms with Gasteiger partial charge < -0.3 is 19.8 Å². The molecule has 0 saturated carbocycles. The summed E-state index contributed by atoms with van der Waals surface area (Å²) in [6, 6.07) is 15.7. The van der Waals surface area contributed by atoms with Gasteiger partial charge in [-0.3, -0.25) is 9.59 Å². The van der Waals surface area contributed by atoms with Crippen molar-refractivity contribution in [3.8, 4) is 22.8 Å². The highest BCUT2D eigenvalue weighted by Gasteiger charge is 2.17. The Kier molecular flexibility index (Phi) is 6.56. The molecule has 150 valence electrons. The van der Waals surface area contributed by atoms with Crippen molar-refractivity contribution in [2.24, 2.45) is 0 Å². The van der Waals surface area contributed by atoms with Gasteiger partial charge in [-0.15, -0.1) is 0 Å². The number of carbonyl (C=O) groups excluding carboxylic acids is 1. The van der Waals surface area contributed by atoms with Gasteiger partial charge >= 0.3 is 0 Å². The number of hydrogen-bond acceptors (Lipinski definition) is 6. The van der Waals surface area contributed by atoms with E-state index in [-0.39, 0.29) is 11.5 Å². The van der Waals surface area contributed by atoms with Crippen molar-refractivity contribution in [1.82, 2.24) is 9.97 Å². The number of thioether (sulfide) groups is 1. The standard InChI is InChI=1S/C21H21N3O4S/c1-13(20(26)22-15-6-10-17(28-3)11-7-15)29-21-23-18(12-19(25)24-21)14-4-8-16(27-2)9-5-14/h4-13H,1-3H3,(H,22,26)(H,23,24,25). The highest BCUT2D eigenvalue weighted by atomic mass is 32.2. The van der Waals surface area contributed by atoms with Crippen LogP contribution < -0.4 is 20.3 Å². The average molecular weight is 411 g/mol. The lowest BCUT2D eigenvalue weighted by Crippen LogP contribution is -2.23. The summed E-state index contributed by atoms with van der Waals surface area (Å²) >= 11 is 1.18. The van der Waals surface area contributed by atoms with Crippen molar-refractivity contribution in [2.75, 3.05) is 19.5 Å². The topological polar surface area (TPSA) is 93.3 Å². The molecule has 0 saturated heterocycles. The molecule has 1 unspecified atom stereocenters. The number of ether oxygens (including phenoxy) is 2. The molecule has 1 aromatic heterocycles. The minimum atomic E-state index is -0.466. The molecule has 3 rings (SSSR count). The molecule has 0 fully saturated rings. The first kappa shape index (κ1) is 20.5. The smallest absolute Gasteiger partial charge is 0.252 e. The van der Waals surface area contributed by atoms with Gasteiger partial charge in [-0.05, 0) is 55.5 Å². The number of aromatic amines is 1. The van der Waals surface area contributed by atoms with Crippen LogP contribution in [0.25, 0.3) is 11.3 Å². The Morgan fingerprint density at radius 1 is 1.03 bits per heavy atom. The molecule has 8 heteroatoms. The molecule has 0 aliphatic heterocycles. The summed E-state index contributed by atoms with van der Waals surface area (Å²) < 4.78 is 10.3. The van der Waals surface area contributed by atoms with Gasteiger partial charge in [0.25, 0.3) is 5.56 Å². The minimum Gasteiger partial charge on any atom is -0.497 e. The van der Waals surface area contributed by atoms with Crippen molar-refractivity contribution in [1.29, 1.82) is 0 Å². The van der Waals surface area contributed by atoms with Crippen molar-refractivity contribution >= 4 is 23.4 Å². The van der Waals surface area contributed by atoms with Gasteiger partial charge in [-0.25, -0.2) is 4.98 Å². The van der Waals surface area contributed by atoms with Crippen LogP contribution in [0.15, 0.2) is 64.5 Å². The van der Waals surface area contributed by atoms with Crippen LogP contribution >= 0.6 is 11.8 Å². The number of amides is 1. The third-order valence-electron chi connectivity index (χ3n) is 4.12. The second kappa shape index (κ2) is 9.29. The first-order chi connectivity index (χ1) is 14.0. The Balaban J connectivity index is 1.71. The molecule has 29 heavy (non-hydrogen) atoms. The Labute approximate surface area is 172 Å². The third-order valence-corrected chi connectivity index (χ3v) is 5.11. The van der Waals surface area contributed by atoms with E-state index < -0.39 is 5.25 Å². The van der Waals surface area contributed by atoms with Gasteiger partial charge in [-0.1, -0.05) is 11.8 Å². The maximum atomic E-state index is 12.5. The zero-order chi connectivity index (χ0) is 20.8. The minimum absolute atomic E-state index is 0.197. The molecule has 1 atom stereocenters. The normalized spacial score (nSPS) is 11.6. The number of nitrogens with zero attached hydrogens (tertiary/aromatic N) is 1. The van der Waals surface area contributed by atoms with E-state index in [2.05, 4.69) is 15.3 Å². The van der Waals surface area contributed by atoms with Crippen molar-refractivity contribution < 1.29 is 14.3 Å². The second-order valence-electron chi connectivity index (χ2n) is 6.14. The Bertz CT molecular complexity index is 1030. The van der Waals surface area contributed by atoms with Crippen LogP contribution in [-0.2, 0) is 4.79 Å². The van der Waals surface area contributed by atoms with Crippen LogP contribution in [-0.4, -0.2) is 35.3 Å². The van der Waals surface area contributed by atoms with Crippen molar-refractivity contribution in [3.63, 3.8) is 0 Å². The lowest BCUT2D eigenvalue weighted by Gasteiger charge is -2.12. The summed E-state index contributed by atoms with van der Waals surface area (Å²) in [5, 5.41) is 2.75. The molecule has 7 nitrogen and oxygen atoms in total. The molecule has 0 spiro atoms. The van der Waals surface area contributed by atoms with Gasteiger partial charge in [0.15, 0.2) is 5.16 Å². The molecule has 1 amide bonds. The molecule has 2 N–H and O–H groups in total. The first-order valence-electron chi connectivity index (χ1n) is 8.86. The summed E-state index contributed by atoms with van der Waals surface area (Å²) in [5.41, 5.74) is 1.70. The van der Waals surface area contributed by atoms with E-state index in [9.17, 15) is 9.59 Å². The van der Waals surface area contributed by atoms with Gasteiger partial charge in [-0.2, -0.15) is 0 Å². The van der Waals surface area contributed by atoms with Crippen LogP contribution in [0.3, 0.4) is 0 Å². The molecule has 2 aromatic carbocycles. The number of anilines is 1. The van der Waals surface area contributed by atoms with Crippen LogP contribution in [0.4, 0.5) is 5.69 Å². The van der Waals surface area contributed by atoms with Gasteiger partial charge in [0, 0.05) is 17.3 Å². The molecule has 0 aliphatic rings. The van der Waals surface area contributed by atoms with Crippen LogP contribution in [0, 0.1) is 0 Å². The predicted molar refractivity (Wildman–Crippen MR) is 114 cm³/mol. The number of methoxy groups -OCH3 is 2. The molecule has 1 heterocycles. The van der Waals surface area contributed by atoms with Crippen molar-refractivity contribution in [3.05, 3.63) is 65.0 Å². The van der Waals surface area contributed by atoms with Gasteiger partial charge in [0.2, 0.25) is 5.91 Å². The summed E-state index contributed by atoms with van der Waals surface area (Å²) in [7, 11) is 3.17. The maximum absolute atomic E-state index is 12.5. The number of hydrogen-bond donors (Lipinski definition) is 2. The van der Waals surface area contributed by atoms with E-state index in [4.69, 9.17) is 9.47 Å². The van der Waals surface area contributed by atoms with E-state index in [1.807, 2.05) is 12.1 Å². The Hall–Kier alpha value is -3.26. The number of H-pyrrole nitrogens is 1. The van der Waals surface area contributed by atoms with Crippen LogP contribution in [0.2, 0.25) is 0 Å². The average Bonchev–Trinajstić information content (AvgIpc) is 2.74. The SMILES string of the molecule is COc1ccc(NC(=O)C(C)Sc2nc(-c3ccc(OC)cc3)cc(=O)[nH]2)cc1. The molecular weight excluding hydrogens is 390 g/mol. The quantitative estimate of drug-likeness (QED) is 0.456.